The maximum atomic E-state index is 12.3. The minimum absolute atomic E-state index is 0.371. The molecule has 0 unspecified atom stereocenters. The van der Waals surface area contributed by atoms with Crippen LogP contribution in [0.1, 0.15) is 31.1 Å². The molecule has 0 bridgehead atoms. The highest BCUT2D eigenvalue weighted by Gasteiger charge is 2.22. The van der Waals surface area contributed by atoms with Gasteiger partial charge < -0.3 is 4.74 Å². The summed E-state index contributed by atoms with van der Waals surface area (Å²) in [6.45, 7) is 5.53. The Morgan fingerprint density at radius 3 is 2.75 bits per heavy atom. The van der Waals surface area contributed by atoms with Crippen molar-refractivity contribution < 1.29 is 9.53 Å². The molecule has 0 atom stereocenters. The standard InChI is InChI=1S/C15H15N3O2/c1-15(2,3)20-14(19)11-8-17-18-9-16-12-7-5-4-6-10(12)13(11)18/h4-9H,1-3H3. The summed E-state index contributed by atoms with van der Waals surface area (Å²) in [7, 11) is 0. The number of carbonyl (C=O) groups excluding carboxylic acids is 1. The molecule has 5 nitrogen and oxygen atoms in total. The van der Waals surface area contributed by atoms with Crippen molar-refractivity contribution in [3.8, 4) is 0 Å². The Bertz CT molecular complexity index is 800. The van der Waals surface area contributed by atoms with Gasteiger partial charge in [-0.2, -0.15) is 5.10 Å². The molecule has 102 valence electrons. The van der Waals surface area contributed by atoms with Gasteiger partial charge in [0.1, 0.15) is 17.5 Å². The molecule has 0 aliphatic heterocycles. The summed E-state index contributed by atoms with van der Waals surface area (Å²) in [6.07, 6.45) is 3.13. The second-order valence-corrected chi connectivity index (χ2v) is 5.62. The normalized spacial score (nSPS) is 11.9. The molecule has 5 heteroatoms. The van der Waals surface area contributed by atoms with E-state index in [2.05, 4.69) is 10.1 Å². The van der Waals surface area contributed by atoms with E-state index in [-0.39, 0.29) is 5.97 Å². The fourth-order valence-corrected chi connectivity index (χ4v) is 2.10. The molecule has 1 aromatic carbocycles. The molecular weight excluding hydrogens is 254 g/mol. The Morgan fingerprint density at radius 2 is 2.00 bits per heavy atom. The van der Waals surface area contributed by atoms with Crippen LogP contribution in [0.5, 0.6) is 0 Å². The number of esters is 1. The molecule has 0 radical (unpaired) electrons. The Labute approximate surface area is 116 Å². The first-order chi connectivity index (χ1) is 9.46. The number of carbonyl (C=O) groups is 1. The summed E-state index contributed by atoms with van der Waals surface area (Å²) in [5.74, 6) is -0.371. The van der Waals surface area contributed by atoms with Gasteiger partial charge in [-0.1, -0.05) is 18.2 Å². The fraction of sp³-hybridized carbons (Fsp3) is 0.267. The largest absolute Gasteiger partial charge is 0.456 e. The van der Waals surface area contributed by atoms with Crippen molar-refractivity contribution in [2.24, 2.45) is 0 Å². The van der Waals surface area contributed by atoms with Crippen LogP contribution in [0.15, 0.2) is 36.8 Å². The van der Waals surface area contributed by atoms with Gasteiger partial charge in [0.25, 0.3) is 0 Å². The summed E-state index contributed by atoms with van der Waals surface area (Å²) in [4.78, 5) is 16.6. The van der Waals surface area contributed by atoms with Crippen LogP contribution in [0.3, 0.4) is 0 Å². The van der Waals surface area contributed by atoms with Gasteiger partial charge in [0.2, 0.25) is 0 Å². The van der Waals surface area contributed by atoms with Crippen LogP contribution < -0.4 is 0 Å². The molecule has 0 spiro atoms. The molecule has 2 aromatic heterocycles. The number of nitrogens with zero attached hydrogens (tertiary/aromatic N) is 3. The van der Waals surface area contributed by atoms with Gasteiger partial charge in [-0.25, -0.2) is 14.3 Å². The van der Waals surface area contributed by atoms with Gasteiger partial charge in [0.05, 0.1) is 17.2 Å². The zero-order valence-electron chi connectivity index (χ0n) is 11.6. The molecule has 3 rings (SSSR count). The summed E-state index contributed by atoms with van der Waals surface area (Å²) >= 11 is 0. The van der Waals surface area contributed by atoms with Crippen LogP contribution in [-0.2, 0) is 4.74 Å². The zero-order chi connectivity index (χ0) is 14.3. The third-order valence-corrected chi connectivity index (χ3v) is 2.88. The fourth-order valence-electron chi connectivity index (χ4n) is 2.10. The van der Waals surface area contributed by atoms with Gasteiger partial charge in [-0.3, -0.25) is 0 Å². The summed E-state index contributed by atoms with van der Waals surface area (Å²) in [6, 6.07) is 7.65. The maximum absolute atomic E-state index is 12.3. The van der Waals surface area contributed by atoms with Gasteiger partial charge in [0.15, 0.2) is 0 Å². The van der Waals surface area contributed by atoms with E-state index in [4.69, 9.17) is 4.74 Å². The molecule has 0 saturated heterocycles. The van der Waals surface area contributed by atoms with E-state index < -0.39 is 5.60 Å². The number of hydrogen-bond donors (Lipinski definition) is 0. The van der Waals surface area contributed by atoms with Crippen LogP contribution in [0.25, 0.3) is 16.4 Å². The summed E-state index contributed by atoms with van der Waals surface area (Å²) in [5.41, 5.74) is 1.47. The van der Waals surface area contributed by atoms with Gasteiger partial charge in [0, 0.05) is 5.39 Å². The molecular formula is C15H15N3O2. The molecule has 20 heavy (non-hydrogen) atoms. The first kappa shape index (κ1) is 12.6. The third-order valence-electron chi connectivity index (χ3n) is 2.88. The monoisotopic (exact) mass is 269 g/mol. The van der Waals surface area contributed by atoms with Gasteiger partial charge in [-0.15, -0.1) is 0 Å². The van der Waals surface area contributed by atoms with Crippen molar-refractivity contribution in [1.82, 2.24) is 14.6 Å². The van der Waals surface area contributed by atoms with E-state index in [1.165, 1.54) is 6.20 Å². The first-order valence-corrected chi connectivity index (χ1v) is 6.40. The van der Waals surface area contributed by atoms with Crippen molar-refractivity contribution in [2.45, 2.75) is 26.4 Å². The van der Waals surface area contributed by atoms with Gasteiger partial charge >= 0.3 is 5.97 Å². The van der Waals surface area contributed by atoms with E-state index >= 15 is 0 Å². The average molecular weight is 269 g/mol. The molecule has 0 amide bonds. The predicted molar refractivity (Wildman–Crippen MR) is 75.7 cm³/mol. The number of hydrogen-bond acceptors (Lipinski definition) is 4. The second-order valence-electron chi connectivity index (χ2n) is 5.62. The van der Waals surface area contributed by atoms with Crippen LogP contribution >= 0.6 is 0 Å². The third kappa shape index (κ3) is 2.11. The van der Waals surface area contributed by atoms with Crippen LogP contribution in [-0.4, -0.2) is 26.2 Å². The molecule has 0 aliphatic rings. The minimum Gasteiger partial charge on any atom is -0.456 e. The van der Waals surface area contributed by atoms with E-state index in [1.807, 2.05) is 45.0 Å². The lowest BCUT2D eigenvalue weighted by Crippen LogP contribution is -2.23. The van der Waals surface area contributed by atoms with E-state index in [0.717, 1.165) is 16.4 Å². The molecule has 0 N–H and O–H groups in total. The van der Waals surface area contributed by atoms with Crippen LogP contribution in [0.2, 0.25) is 0 Å². The lowest BCUT2D eigenvalue weighted by Gasteiger charge is -2.19. The summed E-state index contributed by atoms with van der Waals surface area (Å²) < 4.78 is 7.03. The van der Waals surface area contributed by atoms with E-state index in [1.54, 1.807) is 10.8 Å². The minimum atomic E-state index is -0.534. The van der Waals surface area contributed by atoms with Crippen molar-refractivity contribution in [2.75, 3.05) is 0 Å². The smallest absolute Gasteiger partial charge is 0.342 e. The van der Waals surface area contributed by atoms with Crippen LogP contribution in [0, 0.1) is 0 Å². The SMILES string of the molecule is CC(C)(C)OC(=O)c1cnn2cnc3ccccc3c12. The predicted octanol–water partition coefficient (Wildman–Crippen LogP) is 2.84. The van der Waals surface area contributed by atoms with Crippen molar-refractivity contribution in [3.05, 3.63) is 42.4 Å². The highest BCUT2D eigenvalue weighted by Crippen LogP contribution is 2.23. The topological polar surface area (TPSA) is 56.5 Å². The Morgan fingerprint density at radius 1 is 1.25 bits per heavy atom. The first-order valence-electron chi connectivity index (χ1n) is 6.40. The molecule has 3 aromatic rings. The number of fused-ring (bicyclic) bond motifs is 3. The van der Waals surface area contributed by atoms with E-state index in [0.29, 0.717) is 5.56 Å². The number of benzene rings is 1. The molecule has 0 fully saturated rings. The number of rotatable bonds is 1. The molecule has 2 heterocycles. The number of ether oxygens (including phenoxy) is 1. The average Bonchev–Trinajstić information content (AvgIpc) is 2.81. The lowest BCUT2D eigenvalue weighted by atomic mass is 10.1. The van der Waals surface area contributed by atoms with Crippen molar-refractivity contribution in [3.63, 3.8) is 0 Å². The quantitative estimate of drug-likeness (QED) is 0.637. The van der Waals surface area contributed by atoms with Crippen LogP contribution in [0.4, 0.5) is 0 Å². The highest BCUT2D eigenvalue weighted by atomic mass is 16.6. The Kier molecular flexibility index (Phi) is 2.71. The highest BCUT2D eigenvalue weighted by molar-refractivity contribution is 6.06. The Hall–Kier alpha value is -2.43. The second kappa shape index (κ2) is 4.30. The molecule has 0 saturated carbocycles. The zero-order valence-corrected chi connectivity index (χ0v) is 11.6. The van der Waals surface area contributed by atoms with Gasteiger partial charge in [-0.05, 0) is 26.8 Å². The van der Waals surface area contributed by atoms with E-state index in [9.17, 15) is 4.79 Å². The molecule has 0 aliphatic carbocycles. The lowest BCUT2D eigenvalue weighted by molar-refractivity contribution is 0.00719. The maximum Gasteiger partial charge on any atom is 0.342 e. The summed E-state index contributed by atoms with van der Waals surface area (Å²) in [5, 5.41) is 5.06. The number of aromatic nitrogens is 3. The van der Waals surface area contributed by atoms with Crippen molar-refractivity contribution >= 4 is 22.4 Å². The Balaban J connectivity index is 2.22. The number of para-hydroxylation sites is 1. The van der Waals surface area contributed by atoms with Crippen molar-refractivity contribution in [1.29, 1.82) is 0 Å².